The van der Waals surface area contributed by atoms with E-state index in [0.29, 0.717) is 23.3 Å². The number of hydrogen-bond acceptors (Lipinski definition) is 2. The Morgan fingerprint density at radius 1 is 1.50 bits per heavy atom. The van der Waals surface area contributed by atoms with Crippen LogP contribution in [0.4, 0.5) is 10.5 Å². The number of amides is 2. The largest absolute Gasteiger partial charge is 0.336 e. The first kappa shape index (κ1) is 15.1. The lowest BCUT2D eigenvalue weighted by Crippen LogP contribution is -2.53. The summed E-state index contributed by atoms with van der Waals surface area (Å²) in [6.07, 6.45) is 2.38. The lowest BCUT2D eigenvalue weighted by Gasteiger charge is -2.39. The van der Waals surface area contributed by atoms with E-state index in [1.807, 2.05) is 12.1 Å². The second-order valence-electron chi connectivity index (χ2n) is 5.94. The van der Waals surface area contributed by atoms with Crippen molar-refractivity contribution in [2.75, 3.05) is 18.4 Å². The number of piperidine rings is 1. The van der Waals surface area contributed by atoms with Crippen LogP contribution in [0.25, 0.3) is 0 Å². The predicted octanol–water partition coefficient (Wildman–Crippen LogP) is 3.24. The first-order valence-corrected chi connectivity index (χ1v) is 7.39. The molecule has 0 radical (unpaired) electrons. The number of halogens is 1. The summed E-state index contributed by atoms with van der Waals surface area (Å²) in [4.78, 5) is 11.9. The summed E-state index contributed by atoms with van der Waals surface area (Å²) in [5.74, 6) is 0. The van der Waals surface area contributed by atoms with Gasteiger partial charge in [-0.3, -0.25) is 0 Å². The topological polar surface area (TPSA) is 53.2 Å². The van der Waals surface area contributed by atoms with Crippen molar-refractivity contribution in [2.24, 2.45) is 5.41 Å². The quantitative estimate of drug-likeness (QED) is 0.802. The van der Waals surface area contributed by atoms with E-state index in [-0.39, 0.29) is 11.4 Å². The maximum atomic E-state index is 11.9. The fourth-order valence-electron chi connectivity index (χ4n) is 2.56. The molecule has 1 saturated heterocycles. The molecule has 0 aromatic heterocycles. The van der Waals surface area contributed by atoms with Gasteiger partial charge in [-0.05, 0) is 43.0 Å². The summed E-state index contributed by atoms with van der Waals surface area (Å²) >= 11 is 5.88. The number of nitrogens with one attached hydrogen (secondary N) is 3. The predicted molar refractivity (Wildman–Crippen MR) is 83.3 cm³/mol. The third kappa shape index (κ3) is 4.12. The van der Waals surface area contributed by atoms with Gasteiger partial charge in [0.15, 0.2) is 0 Å². The van der Waals surface area contributed by atoms with Gasteiger partial charge in [-0.15, -0.1) is 0 Å². The molecule has 5 heteroatoms. The molecule has 1 atom stereocenters. The zero-order valence-corrected chi connectivity index (χ0v) is 12.8. The van der Waals surface area contributed by atoms with Crippen molar-refractivity contribution < 1.29 is 4.79 Å². The maximum Gasteiger partial charge on any atom is 0.319 e. The van der Waals surface area contributed by atoms with Crippen molar-refractivity contribution >= 4 is 23.3 Å². The Hall–Kier alpha value is -1.26. The van der Waals surface area contributed by atoms with Crippen LogP contribution in [-0.2, 0) is 0 Å². The molecule has 1 aliphatic rings. The van der Waals surface area contributed by atoms with Crippen molar-refractivity contribution in [3.8, 4) is 0 Å². The van der Waals surface area contributed by atoms with E-state index in [2.05, 4.69) is 29.8 Å². The van der Waals surface area contributed by atoms with Crippen LogP contribution >= 0.6 is 11.6 Å². The maximum absolute atomic E-state index is 11.9. The Balaban J connectivity index is 1.83. The number of urea groups is 1. The Kier molecular flexibility index (Phi) is 4.89. The highest BCUT2D eigenvalue weighted by atomic mass is 35.5. The van der Waals surface area contributed by atoms with Crippen LogP contribution < -0.4 is 16.0 Å². The Labute approximate surface area is 125 Å². The molecule has 2 amide bonds. The average molecular weight is 296 g/mol. The molecule has 0 saturated carbocycles. The number of rotatable bonds is 3. The van der Waals surface area contributed by atoms with E-state index < -0.39 is 0 Å². The Morgan fingerprint density at radius 3 is 3.00 bits per heavy atom. The van der Waals surface area contributed by atoms with E-state index in [9.17, 15) is 4.79 Å². The van der Waals surface area contributed by atoms with Crippen molar-refractivity contribution in [1.82, 2.24) is 10.6 Å². The standard InChI is InChI=1S/C15H22ClN3O/c1-15(2)7-4-8-17-13(15)10-18-14(20)19-12-6-3-5-11(16)9-12/h3,5-6,9,13,17H,4,7-8,10H2,1-2H3,(H2,18,19,20). The summed E-state index contributed by atoms with van der Waals surface area (Å²) in [5, 5.41) is 9.79. The monoisotopic (exact) mass is 295 g/mol. The van der Waals surface area contributed by atoms with Crippen molar-refractivity contribution in [3.05, 3.63) is 29.3 Å². The summed E-state index contributed by atoms with van der Waals surface area (Å²) in [6.45, 7) is 6.12. The zero-order chi connectivity index (χ0) is 14.6. The van der Waals surface area contributed by atoms with Crippen LogP contribution in [-0.4, -0.2) is 25.2 Å². The smallest absolute Gasteiger partial charge is 0.319 e. The number of anilines is 1. The molecule has 1 aromatic carbocycles. The molecule has 4 nitrogen and oxygen atoms in total. The lowest BCUT2D eigenvalue weighted by atomic mass is 9.77. The van der Waals surface area contributed by atoms with Gasteiger partial charge in [0, 0.05) is 23.3 Å². The van der Waals surface area contributed by atoms with Gasteiger partial charge in [-0.1, -0.05) is 31.5 Å². The van der Waals surface area contributed by atoms with Gasteiger partial charge in [0.05, 0.1) is 0 Å². The lowest BCUT2D eigenvalue weighted by molar-refractivity contribution is 0.177. The highest BCUT2D eigenvalue weighted by molar-refractivity contribution is 6.30. The minimum Gasteiger partial charge on any atom is -0.336 e. The highest BCUT2D eigenvalue weighted by Gasteiger charge is 2.31. The van der Waals surface area contributed by atoms with Gasteiger partial charge in [-0.25, -0.2) is 4.79 Å². The molecular weight excluding hydrogens is 274 g/mol. The molecule has 20 heavy (non-hydrogen) atoms. The van der Waals surface area contributed by atoms with Crippen LogP contribution in [0.15, 0.2) is 24.3 Å². The van der Waals surface area contributed by atoms with Crippen molar-refractivity contribution in [2.45, 2.75) is 32.7 Å². The van der Waals surface area contributed by atoms with Gasteiger partial charge >= 0.3 is 6.03 Å². The molecular formula is C15H22ClN3O. The Morgan fingerprint density at radius 2 is 2.30 bits per heavy atom. The fraction of sp³-hybridized carbons (Fsp3) is 0.533. The van der Waals surface area contributed by atoms with E-state index in [0.717, 1.165) is 6.54 Å². The third-order valence-electron chi connectivity index (χ3n) is 3.88. The van der Waals surface area contributed by atoms with E-state index in [1.54, 1.807) is 12.1 Å². The average Bonchev–Trinajstić information content (AvgIpc) is 2.37. The molecule has 110 valence electrons. The van der Waals surface area contributed by atoms with Gasteiger partial charge in [0.1, 0.15) is 0 Å². The minimum absolute atomic E-state index is 0.199. The minimum atomic E-state index is -0.199. The van der Waals surface area contributed by atoms with Crippen molar-refractivity contribution in [1.29, 1.82) is 0 Å². The summed E-state index contributed by atoms with van der Waals surface area (Å²) in [7, 11) is 0. The molecule has 2 rings (SSSR count). The van der Waals surface area contributed by atoms with Crippen LogP contribution in [0.1, 0.15) is 26.7 Å². The number of carbonyl (C=O) groups is 1. The Bertz CT molecular complexity index is 476. The first-order valence-electron chi connectivity index (χ1n) is 7.01. The molecule has 0 aliphatic carbocycles. The zero-order valence-electron chi connectivity index (χ0n) is 12.0. The van der Waals surface area contributed by atoms with Crippen molar-refractivity contribution in [3.63, 3.8) is 0 Å². The molecule has 3 N–H and O–H groups in total. The first-order chi connectivity index (χ1) is 9.47. The van der Waals surface area contributed by atoms with Gasteiger partial charge in [0.25, 0.3) is 0 Å². The summed E-state index contributed by atoms with van der Waals surface area (Å²) in [5.41, 5.74) is 0.910. The van der Waals surface area contributed by atoms with E-state index >= 15 is 0 Å². The van der Waals surface area contributed by atoms with Crippen LogP contribution in [0, 0.1) is 5.41 Å². The molecule has 1 unspecified atom stereocenters. The molecule has 1 fully saturated rings. The molecule has 1 aromatic rings. The summed E-state index contributed by atoms with van der Waals surface area (Å²) < 4.78 is 0. The number of carbonyl (C=O) groups excluding carboxylic acids is 1. The van der Waals surface area contributed by atoms with Crippen LogP contribution in [0.2, 0.25) is 5.02 Å². The normalized spacial score (nSPS) is 21.2. The van der Waals surface area contributed by atoms with Crippen LogP contribution in [0.5, 0.6) is 0 Å². The summed E-state index contributed by atoms with van der Waals surface area (Å²) in [6, 6.07) is 7.23. The van der Waals surface area contributed by atoms with Gasteiger partial charge < -0.3 is 16.0 Å². The third-order valence-corrected chi connectivity index (χ3v) is 4.12. The second-order valence-corrected chi connectivity index (χ2v) is 6.38. The number of benzene rings is 1. The molecule has 0 bridgehead atoms. The van der Waals surface area contributed by atoms with Gasteiger partial charge in [0.2, 0.25) is 0 Å². The SMILES string of the molecule is CC1(C)CCCNC1CNC(=O)Nc1cccc(Cl)c1. The second kappa shape index (κ2) is 6.46. The van der Waals surface area contributed by atoms with E-state index in [1.165, 1.54) is 12.8 Å². The fourth-order valence-corrected chi connectivity index (χ4v) is 2.75. The number of hydrogen-bond donors (Lipinski definition) is 3. The molecule has 1 heterocycles. The molecule has 0 spiro atoms. The van der Waals surface area contributed by atoms with Gasteiger partial charge in [-0.2, -0.15) is 0 Å². The van der Waals surface area contributed by atoms with E-state index in [4.69, 9.17) is 11.6 Å². The highest BCUT2D eigenvalue weighted by Crippen LogP contribution is 2.29. The van der Waals surface area contributed by atoms with Crippen LogP contribution in [0.3, 0.4) is 0 Å². The molecule has 1 aliphatic heterocycles.